The Morgan fingerprint density at radius 1 is 1.22 bits per heavy atom. The van der Waals surface area contributed by atoms with Gasteiger partial charge in [-0.05, 0) is 23.3 Å². The van der Waals surface area contributed by atoms with E-state index in [1.165, 1.54) is 12.1 Å². The fourth-order valence-electron chi connectivity index (χ4n) is 2.14. The van der Waals surface area contributed by atoms with Crippen molar-refractivity contribution >= 4 is 13.3 Å². The fraction of sp³-hybridized carbons (Fsp3) is 0.200. The second kappa shape index (κ2) is 7.37. The third-order valence-corrected chi connectivity index (χ3v) is 5.02. The van der Waals surface area contributed by atoms with Crippen molar-refractivity contribution in [3.63, 3.8) is 0 Å². The van der Waals surface area contributed by atoms with Gasteiger partial charge in [0.05, 0.1) is 6.61 Å². The Balaban J connectivity index is 2.22. The fourth-order valence-corrected chi connectivity index (χ4v) is 3.53. The van der Waals surface area contributed by atoms with Crippen LogP contribution in [-0.4, -0.2) is 16.4 Å². The molecule has 0 bridgehead atoms. The van der Waals surface area contributed by atoms with Gasteiger partial charge in [-0.25, -0.2) is 0 Å². The number of nitro groups is 1. The highest BCUT2D eigenvalue weighted by Gasteiger charge is 2.38. The van der Waals surface area contributed by atoms with Crippen LogP contribution in [0.25, 0.3) is 0 Å². The van der Waals surface area contributed by atoms with Crippen LogP contribution in [0.3, 0.4) is 0 Å². The first-order valence-corrected chi connectivity index (χ1v) is 8.51. The summed E-state index contributed by atoms with van der Waals surface area (Å²) in [6.45, 7) is -0.822. The monoisotopic (exact) mass is 336 g/mol. The molecule has 2 aromatic rings. The smallest absolute Gasteiger partial charge is 0.342 e. The summed E-state index contributed by atoms with van der Waals surface area (Å²) in [5.74, 6) is 0. The lowest BCUT2D eigenvalue weighted by Gasteiger charge is -2.20. The lowest BCUT2D eigenvalue weighted by Crippen LogP contribution is -2.14. The Bertz CT molecular complexity index is 723. The van der Waals surface area contributed by atoms with E-state index in [0.717, 1.165) is 0 Å². The van der Waals surface area contributed by atoms with Gasteiger partial charge in [0.2, 0.25) is 6.54 Å². The molecule has 0 saturated carbocycles. The summed E-state index contributed by atoms with van der Waals surface area (Å²) in [4.78, 5) is 20.5. The van der Waals surface area contributed by atoms with Gasteiger partial charge < -0.3 is 15.2 Å². The number of nitrogens with zero attached hydrogens (tertiary/aromatic N) is 1. The number of hydrogen-bond acceptors (Lipinski definition) is 5. The van der Waals surface area contributed by atoms with Crippen molar-refractivity contribution in [1.29, 1.82) is 0 Å². The van der Waals surface area contributed by atoms with E-state index in [-0.39, 0.29) is 6.61 Å². The van der Waals surface area contributed by atoms with Crippen molar-refractivity contribution in [3.8, 4) is 0 Å². The molecular formula is C15H17N2O5P. The molecule has 0 amide bonds. The number of anilines is 1. The number of nitrogen functional groups attached to an aromatic ring is 1. The Hall–Kier alpha value is -2.21. The highest BCUT2D eigenvalue weighted by Crippen LogP contribution is 2.57. The SMILES string of the molecule is Nc1cccc(C(C[N+](=O)[O-])P(=O)(O)OCc2ccccc2)c1. The van der Waals surface area contributed by atoms with Crippen molar-refractivity contribution in [2.24, 2.45) is 0 Å². The molecule has 8 heteroatoms. The summed E-state index contributed by atoms with van der Waals surface area (Å²) in [5.41, 5.74) is 5.75. The van der Waals surface area contributed by atoms with Crippen LogP contribution in [0.15, 0.2) is 54.6 Å². The van der Waals surface area contributed by atoms with Crippen LogP contribution < -0.4 is 5.73 Å². The number of nitrogens with two attached hydrogens (primary N) is 1. The average Bonchev–Trinajstić information content (AvgIpc) is 2.51. The highest BCUT2D eigenvalue weighted by molar-refractivity contribution is 7.53. The van der Waals surface area contributed by atoms with Crippen molar-refractivity contribution < 1.29 is 18.9 Å². The molecule has 0 radical (unpaired) electrons. The molecule has 0 saturated heterocycles. The predicted molar refractivity (Wildman–Crippen MR) is 86.5 cm³/mol. The van der Waals surface area contributed by atoms with Gasteiger partial charge in [-0.2, -0.15) is 0 Å². The van der Waals surface area contributed by atoms with E-state index in [9.17, 15) is 19.6 Å². The van der Waals surface area contributed by atoms with Gasteiger partial charge in [0.25, 0.3) is 0 Å². The summed E-state index contributed by atoms with van der Waals surface area (Å²) in [7, 11) is -4.26. The van der Waals surface area contributed by atoms with Crippen LogP contribution in [0, 0.1) is 10.1 Å². The zero-order valence-electron chi connectivity index (χ0n) is 12.2. The van der Waals surface area contributed by atoms with Crippen LogP contribution in [0.4, 0.5) is 5.69 Å². The first-order chi connectivity index (χ1) is 10.9. The topological polar surface area (TPSA) is 116 Å². The lowest BCUT2D eigenvalue weighted by atomic mass is 10.1. The minimum Gasteiger partial charge on any atom is -0.399 e. The maximum absolute atomic E-state index is 12.5. The molecule has 0 spiro atoms. The maximum atomic E-state index is 12.5. The quantitative estimate of drug-likeness (QED) is 0.347. The Morgan fingerprint density at radius 3 is 2.52 bits per heavy atom. The molecule has 23 heavy (non-hydrogen) atoms. The van der Waals surface area contributed by atoms with Gasteiger partial charge in [-0.3, -0.25) is 14.7 Å². The molecule has 2 aromatic carbocycles. The van der Waals surface area contributed by atoms with E-state index in [1.807, 2.05) is 6.07 Å². The predicted octanol–water partition coefficient (Wildman–Crippen LogP) is 2.99. The summed E-state index contributed by atoms with van der Waals surface area (Å²) < 4.78 is 17.7. The molecule has 0 fully saturated rings. The minimum atomic E-state index is -4.26. The summed E-state index contributed by atoms with van der Waals surface area (Å²) in [6, 6.07) is 15.0. The third-order valence-electron chi connectivity index (χ3n) is 3.27. The standard InChI is InChI=1S/C15H17N2O5P/c16-14-8-4-7-13(9-14)15(10-17(18)19)23(20,21)22-11-12-5-2-1-3-6-12/h1-9,15H,10-11,16H2,(H,20,21). The van der Waals surface area contributed by atoms with Crippen LogP contribution in [0.2, 0.25) is 0 Å². The first-order valence-electron chi connectivity index (χ1n) is 6.86. The van der Waals surface area contributed by atoms with Crippen LogP contribution in [0.5, 0.6) is 0 Å². The normalized spacial score (nSPS) is 14.8. The van der Waals surface area contributed by atoms with E-state index in [1.54, 1.807) is 36.4 Å². The van der Waals surface area contributed by atoms with Gasteiger partial charge in [0.15, 0.2) is 5.66 Å². The summed E-state index contributed by atoms with van der Waals surface area (Å²) >= 11 is 0. The Morgan fingerprint density at radius 2 is 1.91 bits per heavy atom. The number of benzene rings is 2. The lowest BCUT2D eigenvalue weighted by molar-refractivity contribution is -0.480. The molecule has 7 nitrogen and oxygen atoms in total. The molecule has 2 atom stereocenters. The van der Waals surface area contributed by atoms with E-state index in [0.29, 0.717) is 16.8 Å². The molecule has 2 rings (SSSR count). The molecule has 0 aliphatic rings. The second-order valence-corrected chi connectivity index (χ2v) is 7.03. The van der Waals surface area contributed by atoms with Gasteiger partial charge in [-0.15, -0.1) is 0 Å². The van der Waals surface area contributed by atoms with Crippen LogP contribution >= 0.6 is 7.60 Å². The number of rotatable bonds is 7. The third kappa shape index (κ3) is 4.89. The molecule has 2 unspecified atom stereocenters. The van der Waals surface area contributed by atoms with Gasteiger partial charge >= 0.3 is 7.60 Å². The Labute approximate surface area is 133 Å². The summed E-state index contributed by atoms with van der Waals surface area (Å²) in [6.07, 6.45) is 0. The highest BCUT2D eigenvalue weighted by atomic mass is 31.2. The Kier molecular flexibility index (Phi) is 5.50. The van der Waals surface area contributed by atoms with Crippen LogP contribution in [-0.2, 0) is 15.7 Å². The minimum absolute atomic E-state index is 0.106. The van der Waals surface area contributed by atoms with Gasteiger partial charge in [-0.1, -0.05) is 42.5 Å². The molecule has 0 aliphatic heterocycles. The molecule has 122 valence electrons. The second-order valence-electron chi connectivity index (χ2n) is 5.02. The van der Waals surface area contributed by atoms with Gasteiger partial charge in [0, 0.05) is 10.6 Å². The molecule has 3 N–H and O–H groups in total. The average molecular weight is 336 g/mol. The first kappa shape index (κ1) is 17.1. The zero-order valence-corrected chi connectivity index (χ0v) is 13.1. The maximum Gasteiger partial charge on any atom is 0.342 e. The van der Waals surface area contributed by atoms with E-state index in [4.69, 9.17) is 10.3 Å². The molecule has 0 aliphatic carbocycles. The van der Waals surface area contributed by atoms with Crippen molar-refractivity contribution in [2.75, 3.05) is 12.3 Å². The number of hydrogen-bond donors (Lipinski definition) is 2. The summed E-state index contributed by atoms with van der Waals surface area (Å²) in [5, 5.41) is 10.9. The van der Waals surface area contributed by atoms with E-state index < -0.39 is 24.7 Å². The molecular weight excluding hydrogens is 319 g/mol. The van der Waals surface area contributed by atoms with Crippen molar-refractivity contribution in [2.45, 2.75) is 12.3 Å². The largest absolute Gasteiger partial charge is 0.399 e. The van der Waals surface area contributed by atoms with Crippen molar-refractivity contribution in [1.82, 2.24) is 0 Å². The van der Waals surface area contributed by atoms with Crippen LogP contribution in [0.1, 0.15) is 16.8 Å². The zero-order chi connectivity index (χ0) is 16.9. The van der Waals surface area contributed by atoms with Crippen molar-refractivity contribution in [3.05, 3.63) is 75.8 Å². The van der Waals surface area contributed by atoms with E-state index in [2.05, 4.69) is 0 Å². The van der Waals surface area contributed by atoms with E-state index >= 15 is 0 Å². The molecule has 0 aromatic heterocycles. The molecule has 0 heterocycles. The van der Waals surface area contributed by atoms with Gasteiger partial charge in [0.1, 0.15) is 0 Å².